The van der Waals surface area contributed by atoms with Crippen LogP contribution in [-0.4, -0.2) is 18.8 Å². The average Bonchev–Trinajstić information content (AvgIpc) is 2.56. The second-order valence-corrected chi connectivity index (χ2v) is 4.43. The Labute approximate surface area is 82.5 Å². The van der Waals surface area contributed by atoms with E-state index in [-0.39, 0.29) is 11.7 Å². The number of rotatable bonds is 3. The smallest absolute Gasteiger partial charge is 0.123 e. The lowest BCUT2D eigenvalue weighted by Gasteiger charge is -2.45. The van der Waals surface area contributed by atoms with E-state index in [0.717, 1.165) is 6.61 Å². The predicted molar refractivity (Wildman–Crippen MR) is 53.0 cm³/mol. The summed E-state index contributed by atoms with van der Waals surface area (Å²) in [6, 6.07) is 4.15. The summed E-state index contributed by atoms with van der Waals surface area (Å²) in [4.78, 5) is 1.27. The Bertz CT molecular complexity index is 270. The zero-order valence-electron chi connectivity index (χ0n) is 7.95. The molecule has 0 saturated carbocycles. The maximum Gasteiger partial charge on any atom is 0.123 e. The van der Waals surface area contributed by atoms with E-state index in [1.54, 1.807) is 11.3 Å². The van der Waals surface area contributed by atoms with Crippen LogP contribution >= 0.6 is 11.3 Å². The van der Waals surface area contributed by atoms with Crippen LogP contribution in [0.1, 0.15) is 24.8 Å². The molecule has 3 heteroatoms. The van der Waals surface area contributed by atoms with Crippen molar-refractivity contribution in [1.82, 2.24) is 0 Å². The molecule has 2 unspecified atom stereocenters. The monoisotopic (exact) mass is 198 g/mol. The third kappa shape index (κ3) is 1.52. The van der Waals surface area contributed by atoms with Gasteiger partial charge < -0.3 is 9.47 Å². The number of hydrogen-bond acceptors (Lipinski definition) is 3. The molecule has 72 valence electrons. The maximum atomic E-state index is 5.68. The summed E-state index contributed by atoms with van der Waals surface area (Å²) < 4.78 is 11.2. The molecule has 0 radical (unpaired) electrons. The summed E-state index contributed by atoms with van der Waals surface area (Å²) in [6.07, 6.45) is 0.146. The highest BCUT2D eigenvalue weighted by atomic mass is 32.1. The first-order valence-electron chi connectivity index (χ1n) is 4.55. The van der Waals surface area contributed by atoms with E-state index < -0.39 is 0 Å². The largest absolute Gasteiger partial charge is 0.370 e. The van der Waals surface area contributed by atoms with Crippen LogP contribution in [0.2, 0.25) is 0 Å². The van der Waals surface area contributed by atoms with Crippen molar-refractivity contribution >= 4 is 11.3 Å². The fourth-order valence-electron chi connectivity index (χ4n) is 1.67. The quantitative estimate of drug-likeness (QED) is 0.743. The third-order valence-electron chi connectivity index (χ3n) is 2.37. The van der Waals surface area contributed by atoms with Crippen molar-refractivity contribution in [2.45, 2.75) is 25.6 Å². The van der Waals surface area contributed by atoms with Crippen molar-refractivity contribution < 1.29 is 9.47 Å². The molecule has 1 fully saturated rings. The third-order valence-corrected chi connectivity index (χ3v) is 3.28. The summed E-state index contributed by atoms with van der Waals surface area (Å²) in [6.45, 7) is 5.60. The summed E-state index contributed by atoms with van der Waals surface area (Å²) >= 11 is 1.73. The van der Waals surface area contributed by atoms with Gasteiger partial charge >= 0.3 is 0 Å². The van der Waals surface area contributed by atoms with Gasteiger partial charge in [-0.3, -0.25) is 0 Å². The van der Waals surface area contributed by atoms with Gasteiger partial charge in [-0.25, -0.2) is 0 Å². The Balaban J connectivity index is 2.10. The fourth-order valence-corrected chi connectivity index (χ4v) is 2.58. The second-order valence-electron chi connectivity index (χ2n) is 3.45. The van der Waals surface area contributed by atoms with E-state index in [4.69, 9.17) is 9.47 Å². The summed E-state index contributed by atoms with van der Waals surface area (Å²) in [5, 5.41) is 2.07. The van der Waals surface area contributed by atoms with Gasteiger partial charge in [-0.05, 0) is 25.3 Å². The van der Waals surface area contributed by atoms with Gasteiger partial charge in [-0.2, -0.15) is 0 Å². The lowest BCUT2D eigenvalue weighted by atomic mass is 9.93. The molecule has 1 aliphatic rings. The highest BCUT2D eigenvalue weighted by molar-refractivity contribution is 7.10. The van der Waals surface area contributed by atoms with Gasteiger partial charge in [-0.15, -0.1) is 11.3 Å². The predicted octanol–water partition coefficient (Wildman–Crippen LogP) is 2.61. The van der Waals surface area contributed by atoms with E-state index in [1.807, 2.05) is 13.0 Å². The van der Waals surface area contributed by atoms with Crippen molar-refractivity contribution in [2.24, 2.45) is 0 Å². The van der Waals surface area contributed by atoms with Crippen molar-refractivity contribution in [3.63, 3.8) is 0 Å². The molecule has 2 nitrogen and oxygen atoms in total. The minimum atomic E-state index is -0.0976. The topological polar surface area (TPSA) is 18.5 Å². The minimum absolute atomic E-state index is 0.0976. The molecule has 2 atom stereocenters. The molecule has 2 rings (SSSR count). The molecule has 0 bridgehead atoms. The molecule has 13 heavy (non-hydrogen) atoms. The Kier molecular flexibility index (Phi) is 2.41. The van der Waals surface area contributed by atoms with Crippen LogP contribution in [0.3, 0.4) is 0 Å². The summed E-state index contributed by atoms with van der Waals surface area (Å²) in [5.74, 6) is 0. The molecule has 2 heterocycles. The molecular weight excluding hydrogens is 184 g/mol. The van der Waals surface area contributed by atoms with Crippen molar-refractivity contribution in [2.75, 3.05) is 13.2 Å². The Morgan fingerprint density at radius 2 is 2.62 bits per heavy atom. The van der Waals surface area contributed by atoms with Crippen LogP contribution in [-0.2, 0) is 9.47 Å². The first kappa shape index (κ1) is 9.19. The molecule has 0 aromatic carbocycles. The second kappa shape index (κ2) is 3.40. The molecule has 1 aromatic rings. The lowest BCUT2D eigenvalue weighted by Crippen LogP contribution is -2.51. The first-order chi connectivity index (χ1) is 6.26. The number of thiophene rings is 1. The van der Waals surface area contributed by atoms with Crippen LogP contribution in [0.15, 0.2) is 17.5 Å². The Morgan fingerprint density at radius 1 is 1.77 bits per heavy atom. The van der Waals surface area contributed by atoms with Gasteiger partial charge in [0.2, 0.25) is 0 Å². The van der Waals surface area contributed by atoms with Gasteiger partial charge in [0.15, 0.2) is 0 Å². The average molecular weight is 198 g/mol. The fraction of sp³-hybridized carbons (Fsp3) is 0.600. The molecular formula is C10H14O2S. The van der Waals surface area contributed by atoms with Crippen molar-refractivity contribution in [3.8, 4) is 0 Å². The maximum absolute atomic E-state index is 5.68. The van der Waals surface area contributed by atoms with Crippen LogP contribution in [0.25, 0.3) is 0 Å². The normalized spacial score (nSPS) is 32.9. The number of ether oxygens (including phenoxy) is 2. The molecule has 0 amide bonds. The zero-order chi connectivity index (χ0) is 9.31. The first-order valence-corrected chi connectivity index (χ1v) is 5.43. The van der Waals surface area contributed by atoms with Gasteiger partial charge in [-0.1, -0.05) is 6.07 Å². The van der Waals surface area contributed by atoms with E-state index in [9.17, 15) is 0 Å². The molecule has 0 aliphatic carbocycles. The standard InChI is InChI=1S/C10H14O2S/c1-3-12-10(2)7-11-9(10)8-5-4-6-13-8/h4-6,9H,3,7H2,1-2H3. The van der Waals surface area contributed by atoms with Crippen LogP contribution in [0.5, 0.6) is 0 Å². The van der Waals surface area contributed by atoms with Crippen LogP contribution in [0, 0.1) is 0 Å². The van der Waals surface area contributed by atoms with Crippen molar-refractivity contribution in [1.29, 1.82) is 0 Å². The van der Waals surface area contributed by atoms with E-state index in [2.05, 4.69) is 18.4 Å². The summed E-state index contributed by atoms with van der Waals surface area (Å²) in [5.41, 5.74) is -0.0976. The van der Waals surface area contributed by atoms with Gasteiger partial charge in [0, 0.05) is 11.5 Å². The highest BCUT2D eigenvalue weighted by Crippen LogP contribution is 2.43. The van der Waals surface area contributed by atoms with Gasteiger partial charge in [0.1, 0.15) is 11.7 Å². The molecule has 0 N–H and O–H groups in total. The zero-order valence-corrected chi connectivity index (χ0v) is 8.76. The van der Waals surface area contributed by atoms with Crippen LogP contribution in [0.4, 0.5) is 0 Å². The molecule has 1 saturated heterocycles. The Morgan fingerprint density at radius 3 is 3.08 bits per heavy atom. The Hall–Kier alpha value is -0.380. The van der Waals surface area contributed by atoms with Crippen molar-refractivity contribution in [3.05, 3.63) is 22.4 Å². The number of hydrogen-bond donors (Lipinski definition) is 0. The minimum Gasteiger partial charge on any atom is -0.370 e. The van der Waals surface area contributed by atoms with Gasteiger partial charge in [0.05, 0.1) is 6.61 Å². The lowest BCUT2D eigenvalue weighted by molar-refractivity contribution is -0.253. The van der Waals surface area contributed by atoms with Gasteiger partial charge in [0.25, 0.3) is 0 Å². The molecule has 1 aliphatic heterocycles. The SMILES string of the molecule is CCOC1(C)COC1c1cccs1. The van der Waals surface area contributed by atoms with E-state index >= 15 is 0 Å². The van der Waals surface area contributed by atoms with E-state index in [1.165, 1.54) is 4.88 Å². The van der Waals surface area contributed by atoms with Crippen LogP contribution < -0.4 is 0 Å². The highest BCUT2D eigenvalue weighted by Gasteiger charge is 2.46. The molecule has 0 spiro atoms. The molecule has 1 aromatic heterocycles. The summed E-state index contributed by atoms with van der Waals surface area (Å²) in [7, 11) is 0. The van der Waals surface area contributed by atoms with E-state index in [0.29, 0.717) is 6.61 Å².